The van der Waals surface area contributed by atoms with E-state index in [-0.39, 0.29) is 11.4 Å². The van der Waals surface area contributed by atoms with Gasteiger partial charge in [-0.3, -0.25) is 0 Å². The maximum atomic E-state index is 11.6. The van der Waals surface area contributed by atoms with Gasteiger partial charge in [-0.25, -0.2) is 4.79 Å². The van der Waals surface area contributed by atoms with Gasteiger partial charge in [-0.15, -0.1) is 0 Å². The molecule has 1 aliphatic rings. The predicted octanol–water partition coefficient (Wildman–Crippen LogP) is 1.76. The van der Waals surface area contributed by atoms with Gasteiger partial charge in [0.25, 0.3) is 0 Å². The fourth-order valence-corrected chi connectivity index (χ4v) is 3.12. The fourth-order valence-electron chi connectivity index (χ4n) is 3.12. The number of hydrogen-bond donors (Lipinski definition) is 1. The lowest BCUT2D eigenvalue weighted by Gasteiger charge is -2.37. The molecule has 1 aromatic carbocycles. The van der Waals surface area contributed by atoms with E-state index in [0.29, 0.717) is 12.0 Å². The smallest absolute Gasteiger partial charge is 0.337 e. The van der Waals surface area contributed by atoms with Crippen LogP contribution in [-0.4, -0.2) is 33.0 Å². The molecule has 1 atom stereocenters. The Kier molecular flexibility index (Phi) is 4.55. The van der Waals surface area contributed by atoms with Crippen LogP contribution in [0.2, 0.25) is 0 Å². The van der Waals surface area contributed by atoms with Crippen LogP contribution in [0.4, 0.5) is 0 Å². The van der Waals surface area contributed by atoms with Crippen molar-refractivity contribution in [3.63, 3.8) is 0 Å². The number of aryl methyl sites for hydroxylation is 1. The van der Waals surface area contributed by atoms with Crippen LogP contribution in [0.5, 0.6) is 0 Å². The van der Waals surface area contributed by atoms with Gasteiger partial charge in [-0.1, -0.05) is 6.07 Å². The van der Waals surface area contributed by atoms with E-state index in [1.165, 1.54) is 18.2 Å². The molecular weight excluding hydrogens is 254 g/mol. The summed E-state index contributed by atoms with van der Waals surface area (Å²) in [5, 5.41) is 3.20. The van der Waals surface area contributed by atoms with Gasteiger partial charge in [-0.2, -0.15) is 0 Å². The Hall–Kier alpha value is -1.68. The molecule has 20 heavy (non-hydrogen) atoms. The summed E-state index contributed by atoms with van der Waals surface area (Å²) < 4.78 is 4.75. The van der Waals surface area contributed by atoms with Crippen LogP contribution in [0, 0.1) is 5.41 Å². The van der Waals surface area contributed by atoms with Crippen molar-refractivity contribution < 1.29 is 14.3 Å². The van der Waals surface area contributed by atoms with Crippen molar-refractivity contribution in [3.8, 4) is 0 Å². The molecule has 0 saturated heterocycles. The average molecular weight is 275 g/mol. The largest absolute Gasteiger partial charge is 0.465 e. The van der Waals surface area contributed by atoms with E-state index in [2.05, 4.69) is 5.32 Å². The minimum Gasteiger partial charge on any atom is -0.465 e. The van der Waals surface area contributed by atoms with Crippen LogP contribution in [0.25, 0.3) is 0 Å². The van der Waals surface area contributed by atoms with Crippen LogP contribution in [-0.2, 0) is 22.4 Å². The molecule has 108 valence electrons. The zero-order valence-corrected chi connectivity index (χ0v) is 12.1. The van der Waals surface area contributed by atoms with Gasteiger partial charge < -0.3 is 14.8 Å². The summed E-state index contributed by atoms with van der Waals surface area (Å²) in [6, 6.07) is 5.72. The van der Waals surface area contributed by atoms with E-state index in [4.69, 9.17) is 4.74 Å². The van der Waals surface area contributed by atoms with Gasteiger partial charge in [-0.05, 0) is 55.0 Å². The second kappa shape index (κ2) is 6.18. The van der Waals surface area contributed by atoms with Gasteiger partial charge in [0.15, 0.2) is 0 Å². The molecular formula is C16H21NO3. The lowest BCUT2D eigenvalue weighted by atomic mass is 9.69. The number of fused-ring (bicyclic) bond motifs is 1. The first kappa shape index (κ1) is 14.7. The molecule has 1 aromatic rings. The minimum absolute atomic E-state index is 0.0102. The highest BCUT2D eigenvalue weighted by Crippen LogP contribution is 2.37. The second-order valence-corrected chi connectivity index (χ2v) is 5.55. The first-order valence-electron chi connectivity index (χ1n) is 6.92. The van der Waals surface area contributed by atoms with Crippen LogP contribution >= 0.6 is 0 Å². The fraction of sp³-hybridized carbons (Fsp3) is 0.500. The van der Waals surface area contributed by atoms with Crippen molar-refractivity contribution in [3.05, 3.63) is 34.9 Å². The number of rotatable bonds is 5. The highest BCUT2D eigenvalue weighted by Gasteiger charge is 2.33. The summed E-state index contributed by atoms with van der Waals surface area (Å²) in [5.74, 6) is -0.298. The summed E-state index contributed by atoms with van der Waals surface area (Å²) in [5.41, 5.74) is 3.05. The van der Waals surface area contributed by atoms with Gasteiger partial charge in [0.05, 0.1) is 12.7 Å². The topological polar surface area (TPSA) is 55.4 Å². The number of methoxy groups -OCH3 is 1. The zero-order chi connectivity index (χ0) is 14.6. The third kappa shape index (κ3) is 2.90. The quantitative estimate of drug-likeness (QED) is 0.657. The maximum absolute atomic E-state index is 11.6. The molecule has 0 saturated carbocycles. The van der Waals surface area contributed by atoms with E-state index < -0.39 is 0 Å². The van der Waals surface area contributed by atoms with E-state index >= 15 is 0 Å². The summed E-state index contributed by atoms with van der Waals surface area (Å²) in [7, 11) is 3.31. The molecule has 1 N–H and O–H groups in total. The Labute approximate surface area is 119 Å². The number of hydrogen-bond acceptors (Lipinski definition) is 4. The third-order valence-corrected chi connectivity index (χ3v) is 4.19. The third-order valence-electron chi connectivity index (χ3n) is 4.19. The van der Waals surface area contributed by atoms with Crippen LogP contribution < -0.4 is 5.32 Å². The number of esters is 1. The lowest BCUT2D eigenvalue weighted by molar-refractivity contribution is -0.110. The number of benzene rings is 1. The van der Waals surface area contributed by atoms with E-state index in [0.717, 1.165) is 32.1 Å². The van der Waals surface area contributed by atoms with Crippen molar-refractivity contribution in [2.75, 3.05) is 20.7 Å². The average Bonchev–Trinajstić information content (AvgIpc) is 2.46. The minimum atomic E-state index is -0.298. The molecule has 0 fully saturated rings. The molecule has 0 aromatic heterocycles. The normalized spacial score (nSPS) is 21.1. The van der Waals surface area contributed by atoms with Crippen molar-refractivity contribution >= 4 is 12.3 Å². The predicted molar refractivity (Wildman–Crippen MR) is 76.8 cm³/mol. The standard InChI is InChI=1S/C16H21NO3/c1-17-11-16(7-8-18)6-5-12-9-13(15(19)20-2)3-4-14(12)10-16/h3-4,8-9,17H,5-7,10-11H2,1-2H3. The lowest BCUT2D eigenvalue weighted by Crippen LogP contribution is -2.38. The Balaban J connectivity index is 2.26. The number of carbonyl (C=O) groups excluding carboxylic acids is 2. The molecule has 2 rings (SSSR count). The van der Waals surface area contributed by atoms with Crippen molar-refractivity contribution in [1.82, 2.24) is 5.32 Å². The van der Waals surface area contributed by atoms with E-state index in [1.807, 2.05) is 19.2 Å². The molecule has 0 amide bonds. The molecule has 0 heterocycles. The number of ether oxygens (including phenoxy) is 1. The van der Waals surface area contributed by atoms with E-state index in [9.17, 15) is 9.59 Å². The highest BCUT2D eigenvalue weighted by atomic mass is 16.5. The van der Waals surface area contributed by atoms with E-state index in [1.54, 1.807) is 6.07 Å². The van der Waals surface area contributed by atoms with Crippen LogP contribution in [0.15, 0.2) is 18.2 Å². The monoisotopic (exact) mass is 275 g/mol. The first-order chi connectivity index (χ1) is 9.64. The molecule has 0 radical (unpaired) electrons. The van der Waals surface area contributed by atoms with Crippen molar-refractivity contribution in [2.45, 2.75) is 25.7 Å². The number of aldehydes is 1. The van der Waals surface area contributed by atoms with Gasteiger partial charge in [0.2, 0.25) is 0 Å². The molecule has 1 unspecified atom stereocenters. The summed E-state index contributed by atoms with van der Waals surface area (Å²) in [6.07, 6.45) is 4.33. The summed E-state index contributed by atoms with van der Waals surface area (Å²) in [6.45, 7) is 0.837. The van der Waals surface area contributed by atoms with Gasteiger partial charge in [0, 0.05) is 13.0 Å². The number of carbonyl (C=O) groups is 2. The molecule has 0 bridgehead atoms. The van der Waals surface area contributed by atoms with Crippen molar-refractivity contribution in [2.24, 2.45) is 5.41 Å². The second-order valence-electron chi connectivity index (χ2n) is 5.55. The Bertz CT molecular complexity index is 512. The van der Waals surface area contributed by atoms with Crippen molar-refractivity contribution in [1.29, 1.82) is 0 Å². The molecule has 4 heteroatoms. The molecule has 4 nitrogen and oxygen atoms in total. The van der Waals surface area contributed by atoms with Gasteiger partial charge in [0.1, 0.15) is 6.29 Å². The highest BCUT2D eigenvalue weighted by molar-refractivity contribution is 5.89. The molecule has 0 aliphatic heterocycles. The Morgan fingerprint density at radius 3 is 2.90 bits per heavy atom. The molecule has 0 spiro atoms. The maximum Gasteiger partial charge on any atom is 0.337 e. The summed E-state index contributed by atoms with van der Waals surface area (Å²) in [4.78, 5) is 22.5. The SMILES string of the molecule is CNCC1(CC=O)CCc2cc(C(=O)OC)ccc2C1. The van der Waals surface area contributed by atoms with Gasteiger partial charge >= 0.3 is 5.97 Å². The summed E-state index contributed by atoms with van der Waals surface area (Å²) >= 11 is 0. The number of nitrogens with one attached hydrogen (secondary N) is 1. The molecule has 1 aliphatic carbocycles. The van der Waals surface area contributed by atoms with Crippen LogP contribution in [0.3, 0.4) is 0 Å². The Morgan fingerprint density at radius 1 is 1.45 bits per heavy atom. The first-order valence-corrected chi connectivity index (χ1v) is 6.92. The Morgan fingerprint density at radius 2 is 2.25 bits per heavy atom. The zero-order valence-electron chi connectivity index (χ0n) is 12.1. The van der Waals surface area contributed by atoms with Crippen LogP contribution in [0.1, 0.15) is 34.3 Å².